The number of rotatable bonds is 2. The van der Waals surface area contributed by atoms with Crippen molar-refractivity contribution in [1.29, 1.82) is 0 Å². The Bertz CT molecular complexity index is 2400. The highest BCUT2D eigenvalue weighted by Gasteiger charge is 2.25. The molecule has 0 saturated heterocycles. The molecule has 2 nitrogen and oxygen atoms in total. The SMILES string of the molecule is Cc1ccc2c(C(C)(C)C)cc(-c3c4ccc5cc(-n6c7ccccc7c7ccccc76)ccc5c4cc[n+]3C)c(C)c2c1. The first-order valence-electron chi connectivity index (χ1n) is 15.6. The second-order valence-electron chi connectivity index (χ2n) is 13.5. The van der Waals surface area contributed by atoms with Crippen molar-refractivity contribution in [2.45, 2.75) is 40.0 Å². The van der Waals surface area contributed by atoms with Gasteiger partial charge in [-0.25, -0.2) is 4.57 Å². The third-order valence-electron chi connectivity index (χ3n) is 9.58. The Morgan fingerprint density at radius 2 is 1.23 bits per heavy atom. The summed E-state index contributed by atoms with van der Waals surface area (Å²) in [6.45, 7) is 11.5. The fraction of sp³-hybridized carbons (Fsp3) is 0.167. The van der Waals surface area contributed by atoms with E-state index in [-0.39, 0.29) is 5.41 Å². The number of benzene rings is 6. The molecule has 0 atom stereocenters. The van der Waals surface area contributed by atoms with Crippen molar-refractivity contribution >= 4 is 54.1 Å². The zero-order valence-electron chi connectivity index (χ0n) is 26.4. The Labute approximate surface area is 258 Å². The van der Waals surface area contributed by atoms with Gasteiger partial charge in [0.15, 0.2) is 6.20 Å². The van der Waals surface area contributed by atoms with Crippen LogP contribution in [-0.4, -0.2) is 4.57 Å². The number of hydrogen-bond acceptors (Lipinski definition) is 0. The first kappa shape index (κ1) is 26.7. The molecule has 0 bridgehead atoms. The van der Waals surface area contributed by atoms with Crippen molar-refractivity contribution in [3.63, 3.8) is 0 Å². The predicted octanol–water partition coefficient (Wildman–Crippen LogP) is 10.6. The van der Waals surface area contributed by atoms with Gasteiger partial charge in [-0.05, 0) is 88.3 Å². The molecule has 0 fully saturated rings. The number of nitrogens with zero attached hydrogens (tertiary/aromatic N) is 2. The van der Waals surface area contributed by atoms with Crippen LogP contribution in [-0.2, 0) is 12.5 Å². The minimum absolute atomic E-state index is 0.0228. The van der Waals surface area contributed by atoms with Gasteiger partial charge in [-0.3, -0.25) is 0 Å². The van der Waals surface area contributed by atoms with Crippen LogP contribution in [0.5, 0.6) is 0 Å². The quantitative estimate of drug-likeness (QED) is 0.145. The van der Waals surface area contributed by atoms with E-state index in [0.29, 0.717) is 0 Å². The maximum absolute atomic E-state index is 2.46. The lowest BCUT2D eigenvalue weighted by Crippen LogP contribution is -2.31. The monoisotopic (exact) mass is 569 g/mol. The molecule has 0 aliphatic carbocycles. The van der Waals surface area contributed by atoms with Crippen molar-refractivity contribution in [3.8, 4) is 16.9 Å². The van der Waals surface area contributed by atoms with E-state index in [4.69, 9.17) is 0 Å². The van der Waals surface area contributed by atoms with Gasteiger partial charge >= 0.3 is 0 Å². The standard InChI is InChI=1S/C42H37N2/c1-26-15-18-32-36(23-26)27(2)37(25-38(32)42(3,4)5)41-35-19-16-28-24-29(17-20-30(28)31(35)21-22-43(41)6)44-39-13-9-7-11-33(39)34-12-8-10-14-40(34)44/h7-25H,1-6H3/q+1. The van der Waals surface area contributed by atoms with Crippen LogP contribution in [0.4, 0.5) is 0 Å². The van der Waals surface area contributed by atoms with E-state index >= 15 is 0 Å². The smallest absolute Gasteiger partial charge is 0.220 e. The topological polar surface area (TPSA) is 8.81 Å². The Kier molecular flexibility index (Phi) is 5.77. The van der Waals surface area contributed by atoms with Gasteiger partial charge in [-0.15, -0.1) is 0 Å². The summed E-state index contributed by atoms with van der Waals surface area (Å²) in [4.78, 5) is 0. The molecule has 2 heterocycles. The molecule has 0 aliphatic rings. The zero-order valence-corrected chi connectivity index (χ0v) is 26.4. The molecule has 2 aromatic heterocycles. The summed E-state index contributed by atoms with van der Waals surface area (Å²) in [7, 11) is 2.18. The number of para-hydroxylation sites is 2. The van der Waals surface area contributed by atoms with Crippen molar-refractivity contribution < 1.29 is 4.57 Å². The van der Waals surface area contributed by atoms with E-state index < -0.39 is 0 Å². The lowest BCUT2D eigenvalue weighted by atomic mass is 9.80. The fourth-order valence-corrected chi connectivity index (χ4v) is 7.40. The van der Waals surface area contributed by atoms with E-state index in [2.05, 4.69) is 166 Å². The highest BCUT2D eigenvalue weighted by atomic mass is 15.0. The first-order chi connectivity index (χ1) is 21.2. The third kappa shape index (κ3) is 3.90. The van der Waals surface area contributed by atoms with E-state index in [0.717, 1.165) is 0 Å². The van der Waals surface area contributed by atoms with Gasteiger partial charge in [0.05, 0.1) is 22.0 Å². The molecule has 8 aromatic rings. The minimum atomic E-state index is 0.0228. The normalized spacial score (nSPS) is 12.3. The van der Waals surface area contributed by atoms with Crippen LogP contribution in [0, 0.1) is 13.8 Å². The van der Waals surface area contributed by atoms with Gasteiger partial charge < -0.3 is 4.57 Å². The molecule has 0 saturated carbocycles. The molecule has 0 unspecified atom stereocenters. The van der Waals surface area contributed by atoms with Crippen LogP contribution in [0.1, 0.15) is 37.5 Å². The summed E-state index contributed by atoms with van der Waals surface area (Å²) < 4.78 is 4.70. The first-order valence-corrected chi connectivity index (χ1v) is 15.6. The van der Waals surface area contributed by atoms with Gasteiger partial charge in [0.25, 0.3) is 0 Å². The largest absolute Gasteiger partial charge is 0.309 e. The summed E-state index contributed by atoms with van der Waals surface area (Å²) >= 11 is 0. The van der Waals surface area contributed by atoms with Gasteiger partial charge in [-0.1, -0.05) is 93.1 Å². The summed E-state index contributed by atoms with van der Waals surface area (Å²) in [5.74, 6) is 0. The number of fused-ring (bicyclic) bond motifs is 7. The maximum atomic E-state index is 2.46. The molecule has 0 aliphatic heterocycles. The van der Waals surface area contributed by atoms with E-state index in [9.17, 15) is 0 Å². The van der Waals surface area contributed by atoms with Crippen molar-refractivity contribution in [3.05, 3.63) is 132 Å². The molecular weight excluding hydrogens is 532 g/mol. The van der Waals surface area contributed by atoms with Crippen LogP contribution >= 0.6 is 0 Å². The summed E-state index contributed by atoms with van der Waals surface area (Å²) in [6.07, 6.45) is 2.23. The summed E-state index contributed by atoms with van der Waals surface area (Å²) in [5, 5.41) is 10.4. The highest BCUT2D eigenvalue weighted by Crippen LogP contribution is 2.40. The number of aryl methyl sites for hydroxylation is 3. The molecule has 0 N–H and O–H groups in total. The number of aromatic nitrogens is 2. The maximum Gasteiger partial charge on any atom is 0.220 e. The second kappa shape index (κ2) is 9.53. The minimum Gasteiger partial charge on any atom is -0.309 e. The van der Waals surface area contributed by atoms with Gasteiger partial charge in [0.2, 0.25) is 5.69 Å². The van der Waals surface area contributed by atoms with Crippen molar-refractivity contribution in [1.82, 2.24) is 4.57 Å². The number of hydrogen-bond donors (Lipinski definition) is 0. The molecule has 8 rings (SSSR count). The molecule has 44 heavy (non-hydrogen) atoms. The van der Waals surface area contributed by atoms with Crippen LogP contribution in [0.2, 0.25) is 0 Å². The van der Waals surface area contributed by atoms with Crippen LogP contribution in [0.25, 0.3) is 71.1 Å². The zero-order chi connectivity index (χ0) is 30.3. The summed E-state index contributed by atoms with van der Waals surface area (Å²) in [6, 6.07) is 40.7. The molecule has 6 aromatic carbocycles. The van der Waals surface area contributed by atoms with Gasteiger partial charge in [0, 0.05) is 27.9 Å². The Morgan fingerprint density at radius 3 is 1.93 bits per heavy atom. The fourth-order valence-electron chi connectivity index (χ4n) is 7.40. The summed E-state index contributed by atoms with van der Waals surface area (Å²) in [5.41, 5.74) is 10.3. The third-order valence-corrected chi connectivity index (χ3v) is 9.58. The van der Waals surface area contributed by atoms with Gasteiger partial charge in [-0.2, -0.15) is 0 Å². The lowest BCUT2D eigenvalue weighted by molar-refractivity contribution is -0.659. The molecule has 2 heteroatoms. The molecule has 0 amide bonds. The lowest BCUT2D eigenvalue weighted by Gasteiger charge is -2.24. The second-order valence-corrected chi connectivity index (χ2v) is 13.5. The Morgan fingerprint density at radius 1 is 0.568 bits per heavy atom. The van der Waals surface area contributed by atoms with Crippen LogP contribution in [0.15, 0.2) is 115 Å². The average molecular weight is 570 g/mol. The van der Waals surface area contributed by atoms with Gasteiger partial charge in [0.1, 0.15) is 7.05 Å². The highest BCUT2D eigenvalue weighted by molar-refractivity contribution is 6.13. The Hall–Kier alpha value is -4.95. The van der Waals surface area contributed by atoms with E-state index in [1.165, 1.54) is 87.8 Å². The van der Waals surface area contributed by atoms with E-state index in [1.807, 2.05) is 0 Å². The van der Waals surface area contributed by atoms with Crippen LogP contribution < -0.4 is 4.57 Å². The number of pyridine rings is 1. The van der Waals surface area contributed by atoms with E-state index in [1.54, 1.807) is 0 Å². The Balaban J connectivity index is 1.38. The van der Waals surface area contributed by atoms with Crippen LogP contribution in [0.3, 0.4) is 0 Å². The van der Waals surface area contributed by atoms with Crippen molar-refractivity contribution in [2.75, 3.05) is 0 Å². The molecule has 214 valence electrons. The molecule has 0 spiro atoms. The average Bonchev–Trinajstić information content (AvgIpc) is 3.35. The molecule has 0 radical (unpaired) electrons. The molecular formula is C42H37N2+. The predicted molar refractivity (Wildman–Crippen MR) is 188 cm³/mol. The van der Waals surface area contributed by atoms with Crippen molar-refractivity contribution in [2.24, 2.45) is 7.05 Å².